The van der Waals surface area contributed by atoms with Crippen LogP contribution in [0, 0.1) is 18.7 Å². The number of halogens is 1. The maximum atomic E-state index is 14.2. The lowest BCUT2D eigenvalue weighted by atomic mass is 10.0. The average Bonchev–Trinajstić information content (AvgIpc) is 3.32. The van der Waals surface area contributed by atoms with E-state index >= 15 is 0 Å². The molecule has 0 saturated carbocycles. The summed E-state index contributed by atoms with van der Waals surface area (Å²) >= 11 is 1.27. The van der Waals surface area contributed by atoms with Gasteiger partial charge in [0.2, 0.25) is 11.7 Å². The number of nitrogens with one attached hydrogen (secondary N) is 1. The van der Waals surface area contributed by atoms with Crippen LogP contribution in [-0.4, -0.2) is 21.0 Å². The van der Waals surface area contributed by atoms with Gasteiger partial charge in [-0.05, 0) is 42.7 Å². The fourth-order valence-electron chi connectivity index (χ4n) is 3.17. The Labute approximate surface area is 170 Å². The van der Waals surface area contributed by atoms with E-state index in [9.17, 15) is 9.18 Å². The first-order valence-corrected chi connectivity index (χ1v) is 10.00. The Hall–Kier alpha value is -3.13. The van der Waals surface area contributed by atoms with Gasteiger partial charge in [0.25, 0.3) is 5.91 Å². The third-order valence-electron chi connectivity index (χ3n) is 4.71. The van der Waals surface area contributed by atoms with Crippen LogP contribution in [0.2, 0.25) is 0 Å². The zero-order valence-corrected chi connectivity index (χ0v) is 17.0. The molecule has 148 valence electrons. The van der Waals surface area contributed by atoms with Crippen LogP contribution in [0.1, 0.15) is 41.0 Å². The molecule has 0 fully saturated rings. The maximum absolute atomic E-state index is 14.2. The van der Waals surface area contributed by atoms with Crippen molar-refractivity contribution in [3.05, 3.63) is 64.9 Å². The second kappa shape index (κ2) is 7.71. The predicted octanol–water partition coefficient (Wildman–Crippen LogP) is 4.92. The van der Waals surface area contributed by atoms with E-state index in [1.54, 1.807) is 37.5 Å². The molecule has 0 aliphatic heterocycles. The molecule has 1 N–H and O–H groups in total. The van der Waals surface area contributed by atoms with Crippen molar-refractivity contribution >= 4 is 27.3 Å². The number of amides is 1. The van der Waals surface area contributed by atoms with Crippen LogP contribution in [0.5, 0.6) is 0 Å². The van der Waals surface area contributed by atoms with Crippen molar-refractivity contribution in [3.8, 4) is 11.4 Å². The first-order chi connectivity index (χ1) is 14.0. The summed E-state index contributed by atoms with van der Waals surface area (Å²) in [5, 5.41) is 7.48. The van der Waals surface area contributed by atoms with Crippen LogP contribution in [0.3, 0.4) is 0 Å². The molecule has 3 heterocycles. The fourth-order valence-corrected chi connectivity index (χ4v) is 4.30. The van der Waals surface area contributed by atoms with E-state index in [0.29, 0.717) is 27.5 Å². The molecule has 0 aliphatic rings. The minimum atomic E-state index is -0.472. The maximum Gasteiger partial charge on any atom is 0.262 e. The Balaban J connectivity index is 1.63. The Morgan fingerprint density at radius 3 is 2.66 bits per heavy atom. The molecular formula is C21H19FN4O2S. The Kier molecular flexibility index (Phi) is 5.10. The second-order valence-electron chi connectivity index (χ2n) is 7.06. The van der Waals surface area contributed by atoms with Crippen LogP contribution in [-0.2, 0) is 0 Å². The number of aromatic nitrogens is 3. The monoisotopic (exact) mass is 410 g/mol. The van der Waals surface area contributed by atoms with Gasteiger partial charge in [0.15, 0.2) is 0 Å². The number of aryl methyl sites for hydroxylation is 1. The number of fused-ring (bicyclic) bond motifs is 1. The number of rotatable bonds is 5. The van der Waals surface area contributed by atoms with Crippen molar-refractivity contribution in [1.82, 2.24) is 20.4 Å². The fraction of sp³-hybridized carbons (Fsp3) is 0.238. The molecule has 4 rings (SSSR count). The highest BCUT2D eigenvalue weighted by Crippen LogP contribution is 2.33. The van der Waals surface area contributed by atoms with Gasteiger partial charge in [-0.2, -0.15) is 4.98 Å². The van der Waals surface area contributed by atoms with Crippen molar-refractivity contribution in [2.75, 3.05) is 0 Å². The Bertz CT molecular complexity index is 1170. The number of carbonyl (C=O) groups is 1. The van der Waals surface area contributed by atoms with E-state index in [1.165, 1.54) is 17.4 Å². The van der Waals surface area contributed by atoms with Gasteiger partial charge in [-0.25, -0.2) is 4.39 Å². The molecule has 0 aliphatic carbocycles. The number of hydrogen-bond donors (Lipinski definition) is 1. The largest absolute Gasteiger partial charge is 0.339 e. The van der Waals surface area contributed by atoms with Crippen molar-refractivity contribution in [2.24, 2.45) is 5.92 Å². The summed E-state index contributed by atoms with van der Waals surface area (Å²) in [6.45, 7) is 5.67. The van der Waals surface area contributed by atoms with Crippen molar-refractivity contribution in [1.29, 1.82) is 0 Å². The number of benzene rings is 1. The van der Waals surface area contributed by atoms with E-state index in [2.05, 4.69) is 20.4 Å². The number of nitrogens with zero attached hydrogens (tertiary/aromatic N) is 3. The topological polar surface area (TPSA) is 80.9 Å². The number of hydrogen-bond acceptors (Lipinski definition) is 6. The Morgan fingerprint density at radius 1 is 1.21 bits per heavy atom. The molecule has 0 radical (unpaired) electrons. The van der Waals surface area contributed by atoms with Crippen molar-refractivity contribution < 1.29 is 13.7 Å². The average molecular weight is 410 g/mol. The molecule has 29 heavy (non-hydrogen) atoms. The summed E-state index contributed by atoms with van der Waals surface area (Å²) in [6.07, 6.45) is 3.30. The third kappa shape index (κ3) is 3.63. The second-order valence-corrected chi connectivity index (χ2v) is 8.11. The molecule has 8 heteroatoms. The summed E-state index contributed by atoms with van der Waals surface area (Å²) in [5.41, 5.74) is 1.41. The molecule has 1 atom stereocenters. The summed E-state index contributed by atoms with van der Waals surface area (Å²) in [6, 6.07) is 7.95. The van der Waals surface area contributed by atoms with Crippen molar-refractivity contribution in [2.45, 2.75) is 26.8 Å². The molecule has 1 unspecified atom stereocenters. The lowest BCUT2D eigenvalue weighted by Crippen LogP contribution is -2.31. The first kappa shape index (κ1) is 19.2. The minimum Gasteiger partial charge on any atom is -0.339 e. The van der Waals surface area contributed by atoms with E-state index in [-0.39, 0.29) is 17.6 Å². The first-order valence-electron chi connectivity index (χ1n) is 9.18. The highest BCUT2D eigenvalue weighted by atomic mass is 32.1. The molecular weight excluding hydrogens is 391 g/mol. The van der Waals surface area contributed by atoms with E-state index in [0.717, 1.165) is 10.3 Å². The summed E-state index contributed by atoms with van der Waals surface area (Å²) < 4.78 is 20.4. The minimum absolute atomic E-state index is 0.0103. The van der Waals surface area contributed by atoms with Crippen LogP contribution in [0.15, 0.2) is 47.2 Å². The highest BCUT2D eigenvalue weighted by Gasteiger charge is 2.27. The molecule has 1 amide bonds. The van der Waals surface area contributed by atoms with Crippen LogP contribution >= 0.6 is 11.3 Å². The number of pyridine rings is 1. The van der Waals surface area contributed by atoms with Crippen LogP contribution in [0.25, 0.3) is 21.5 Å². The smallest absolute Gasteiger partial charge is 0.262 e. The normalized spacial score (nSPS) is 12.4. The summed E-state index contributed by atoms with van der Waals surface area (Å²) in [4.78, 5) is 21.9. The van der Waals surface area contributed by atoms with Gasteiger partial charge < -0.3 is 9.84 Å². The molecule has 0 saturated heterocycles. The van der Waals surface area contributed by atoms with Crippen LogP contribution in [0.4, 0.5) is 4.39 Å². The number of thiophene rings is 1. The third-order valence-corrected chi connectivity index (χ3v) is 5.96. The zero-order chi connectivity index (χ0) is 20.5. The zero-order valence-electron chi connectivity index (χ0n) is 16.1. The van der Waals surface area contributed by atoms with Gasteiger partial charge in [-0.1, -0.05) is 25.1 Å². The summed E-state index contributed by atoms with van der Waals surface area (Å²) in [7, 11) is 0. The van der Waals surface area contributed by atoms with E-state index < -0.39 is 6.04 Å². The standard InChI is InChI=1S/C21H19FN4O2S/c1-11(2)17(21-25-19(26-28-21)13-7-9-23-10-8-13)24-20(27)18-12(3)16-14(22)5-4-6-15(16)29-18/h4-11,17H,1-3H3,(H,24,27). The molecule has 1 aromatic carbocycles. The van der Waals surface area contributed by atoms with Gasteiger partial charge in [-0.15, -0.1) is 11.3 Å². The SMILES string of the molecule is Cc1c(C(=O)NC(c2nc(-c3ccncc3)no2)C(C)C)sc2cccc(F)c12. The van der Waals surface area contributed by atoms with Gasteiger partial charge in [-0.3, -0.25) is 9.78 Å². The van der Waals surface area contributed by atoms with Gasteiger partial charge in [0.1, 0.15) is 11.9 Å². The predicted molar refractivity (Wildman–Crippen MR) is 109 cm³/mol. The van der Waals surface area contributed by atoms with Crippen molar-refractivity contribution in [3.63, 3.8) is 0 Å². The van der Waals surface area contributed by atoms with Gasteiger partial charge in [0, 0.05) is 28.0 Å². The van der Waals surface area contributed by atoms with E-state index in [1.807, 2.05) is 19.9 Å². The quantitative estimate of drug-likeness (QED) is 0.505. The lowest BCUT2D eigenvalue weighted by Gasteiger charge is -2.18. The molecule has 3 aromatic heterocycles. The number of carbonyl (C=O) groups excluding carboxylic acids is 1. The van der Waals surface area contributed by atoms with Crippen LogP contribution < -0.4 is 5.32 Å². The van der Waals surface area contributed by atoms with Gasteiger partial charge in [0.05, 0.1) is 4.88 Å². The molecule has 4 aromatic rings. The molecule has 0 spiro atoms. The Morgan fingerprint density at radius 2 is 1.97 bits per heavy atom. The molecule has 6 nitrogen and oxygen atoms in total. The van der Waals surface area contributed by atoms with E-state index in [4.69, 9.17) is 4.52 Å². The lowest BCUT2D eigenvalue weighted by molar-refractivity contribution is 0.0917. The molecule has 0 bridgehead atoms. The summed E-state index contributed by atoms with van der Waals surface area (Å²) in [5.74, 6) is 0.156. The van der Waals surface area contributed by atoms with Gasteiger partial charge >= 0.3 is 0 Å². The highest BCUT2D eigenvalue weighted by molar-refractivity contribution is 7.21.